The molecule has 0 spiro atoms. The molecule has 7 heteroatoms. The summed E-state index contributed by atoms with van der Waals surface area (Å²) in [4.78, 5) is 43.1. The van der Waals surface area contributed by atoms with Crippen LogP contribution in [-0.4, -0.2) is 78.3 Å². The van der Waals surface area contributed by atoms with Gasteiger partial charge in [0.05, 0.1) is 18.6 Å². The predicted octanol–water partition coefficient (Wildman–Crippen LogP) is 0.990. The highest BCUT2D eigenvalue weighted by molar-refractivity contribution is 5.97. The van der Waals surface area contributed by atoms with Crippen molar-refractivity contribution in [2.75, 3.05) is 39.8 Å². The minimum Gasteiger partial charge on any atom is -0.496 e. The van der Waals surface area contributed by atoms with Gasteiger partial charge in [-0.2, -0.15) is 0 Å². The first-order valence-corrected chi connectivity index (χ1v) is 9.59. The molecule has 1 saturated carbocycles. The van der Waals surface area contributed by atoms with E-state index < -0.39 is 0 Å². The summed E-state index contributed by atoms with van der Waals surface area (Å²) < 4.78 is 5.28. The molecule has 0 radical (unpaired) electrons. The molecule has 3 aliphatic rings. The average molecular weight is 371 g/mol. The number of amides is 3. The lowest BCUT2D eigenvalue weighted by molar-refractivity contribution is -0.137. The Kier molecular flexibility index (Phi) is 4.76. The van der Waals surface area contributed by atoms with Crippen molar-refractivity contribution < 1.29 is 19.1 Å². The number of nitrogens with zero attached hydrogens (tertiary/aromatic N) is 3. The maximum absolute atomic E-state index is 12.8. The van der Waals surface area contributed by atoms with Gasteiger partial charge in [0.2, 0.25) is 11.8 Å². The van der Waals surface area contributed by atoms with Crippen molar-refractivity contribution in [1.29, 1.82) is 0 Å². The van der Waals surface area contributed by atoms with Crippen LogP contribution in [-0.2, 0) is 9.59 Å². The largest absolute Gasteiger partial charge is 0.496 e. The van der Waals surface area contributed by atoms with Crippen molar-refractivity contribution in [3.05, 3.63) is 29.8 Å². The molecule has 0 bridgehead atoms. The quantitative estimate of drug-likeness (QED) is 0.792. The van der Waals surface area contributed by atoms with Gasteiger partial charge >= 0.3 is 0 Å². The van der Waals surface area contributed by atoms with Crippen molar-refractivity contribution in [1.82, 2.24) is 14.7 Å². The van der Waals surface area contributed by atoms with E-state index in [2.05, 4.69) is 0 Å². The van der Waals surface area contributed by atoms with Crippen LogP contribution >= 0.6 is 0 Å². The molecule has 0 unspecified atom stereocenters. The molecular formula is C20H25N3O4. The second-order valence-electron chi connectivity index (χ2n) is 7.50. The van der Waals surface area contributed by atoms with Gasteiger partial charge < -0.3 is 19.4 Å². The van der Waals surface area contributed by atoms with Gasteiger partial charge in [0.1, 0.15) is 5.75 Å². The molecule has 4 rings (SSSR count). The Labute approximate surface area is 158 Å². The average Bonchev–Trinajstić information content (AvgIpc) is 3.48. The summed E-state index contributed by atoms with van der Waals surface area (Å²) in [6.07, 6.45) is 2.46. The number of methoxy groups -OCH3 is 1. The lowest BCUT2D eigenvalue weighted by Crippen LogP contribution is -2.52. The Morgan fingerprint density at radius 1 is 1.04 bits per heavy atom. The van der Waals surface area contributed by atoms with Crippen molar-refractivity contribution in [3.63, 3.8) is 0 Å². The van der Waals surface area contributed by atoms with E-state index in [1.807, 2.05) is 17.0 Å². The van der Waals surface area contributed by atoms with Gasteiger partial charge in [0.15, 0.2) is 0 Å². The van der Waals surface area contributed by atoms with Gasteiger partial charge in [-0.15, -0.1) is 0 Å². The summed E-state index contributed by atoms with van der Waals surface area (Å²) in [6, 6.07) is 7.55. The third-order valence-electron chi connectivity index (χ3n) is 5.71. The first kappa shape index (κ1) is 17.8. The number of para-hydroxylation sites is 1. The molecule has 0 aromatic heterocycles. The minimum atomic E-state index is -0.227. The molecule has 1 aromatic rings. The number of likely N-dealkylation sites (tertiary alicyclic amines) is 1. The summed E-state index contributed by atoms with van der Waals surface area (Å²) in [6.45, 7) is 2.57. The lowest BCUT2D eigenvalue weighted by Gasteiger charge is -2.36. The van der Waals surface area contributed by atoms with Gasteiger partial charge in [0, 0.05) is 45.2 Å². The zero-order valence-corrected chi connectivity index (χ0v) is 15.6. The molecule has 0 N–H and O–H groups in total. The smallest absolute Gasteiger partial charge is 0.257 e. The molecule has 3 fully saturated rings. The minimum absolute atomic E-state index is 0.0518. The molecule has 3 amide bonds. The molecular weight excluding hydrogens is 346 g/mol. The number of carbonyl (C=O) groups is 3. The number of carbonyl (C=O) groups excluding carboxylic acids is 3. The number of rotatable bonds is 4. The summed E-state index contributed by atoms with van der Waals surface area (Å²) in [5.74, 6) is 0.424. The van der Waals surface area contributed by atoms with Crippen LogP contribution < -0.4 is 4.74 Å². The van der Waals surface area contributed by atoms with Crippen molar-refractivity contribution in [2.24, 2.45) is 5.92 Å². The molecule has 7 nitrogen and oxygen atoms in total. The SMILES string of the molecule is COc1ccccc1C(=O)N1CCN(C(=O)[C@@H]2CC(=O)N(C3CC3)C2)CC1. The summed E-state index contributed by atoms with van der Waals surface area (Å²) in [5.41, 5.74) is 0.543. The van der Waals surface area contributed by atoms with E-state index in [0.717, 1.165) is 12.8 Å². The number of benzene rings is 1. The number of ether oxygens (including phenoxy) is 1. The Balaban J connectivity index is 1.34. The molecule has 2 aliphatic heterocycles. The summed E-state index contributed by atoms with van der Waals surface area (Å²) >= 11 is 0. The fourth-order valence-electron chi connectivity index (χ4n) is 4.02. The van der Waals surface area contributed by atoms with Crippen LogP contribution in [0.15, 0.2) is 24.3 Å². The Hall–Kier alpha value is -2.57. The van der Waals surface area contributed by atoms with Crippen LogP contribution in [0.4, 0.5) is 0 Å². The van der Waals surface area contributed by atoms with E-state index in [1.54, 1.807) is 29.0 Å². The lowest BCUT2D eigenvalue weighted by atomic mass is 10.1. The summed E-state index contributed by atoms with van der Waals surface area (Å²) in [5, 5.41) is 0. The molecule has 144 valence electrons. The van der Waals surface area contributed by atoms with Crippen molar-refractivity contribution >= 4 is 17.7 Å². The van der Waals surface area contributed by atoms with Gasteiger partial charge in [-0.3, -0.25) is 14.4 Å². The van der Waals surface area contributed by atoms with Gasteiger partial charge in [0.25, 0.3) is 5.91 Å². The maximum atomic E-state index is 12.8. The van der Waals surface area contributed by atoms with E-state index in [4.69, 9.17) is 4.74 Å². The van der Waals surface area contributed by atoms with Gasteiger partial charge in [-0.1, -0.05) is 12.1 Å². The Morgan fingerprint density at radius 2 is 1.70 bits per heavy atom. The second-order valence-corrected chi connectivity index (χ2v) is 7.50. The normalized spacial score (nSPS) is 22.9. The number of piperazine rings is 1. The number of hydrogen-bond acceptors (Lipinski definition) is 4. The molecule has 1 aliphatic carbocycles. The first-order valence-electron chi connectivity index (χ1n) is 9.59. The van der Waals surface area contributed by atoms with E-state index in [0.29, 0.717) is 56.5 Å². The monoisotopic (exact) mass is 371 g/mol. The molecule has 2 saturated heterocycles. The molecule has 1 atom stereocenters. The third-order valence-corrected chi connectivity index (χ3v) is 5.71. The van der Waals surface area contributed by atoms with E-state index in [1.165, 1.54) is 0 Å². The highest BCUT2D eigenvalue weighted by Crippen LogP contribution is 2.33. The fraction of sp³-hybridized carbons (Fsp3) is 0.550. The molecule has 27 heavy (non-hydrogen) atoms. The topological polar surface area (TPSA) is 70.2 Å². The second kappa shape index (κ2) is 7.21. The predicted molar refractivity (Wildman–Crippen MR) is 98.3 cm³/mol. The zero-order chi connectivity index (χ0) is 19.0. The molecule has 2 heterocycles. The van der Waals surface area contributed by atoms with Gasteiger partial charge in [-0.25, -0.2) is 0 Å². The van der Waals surface area contributed by atoms with Crippen LogP contribution in [0.3, 0.4) is 0 Å². The Bertz CT molecular complexity index is 753. The van der Waals surface area contributed by atoms with Crippen molar-refractivity contribution in [3.8, 4) is 5.75 Å². The van der Waals surface area contributed by atoms with Crippen LogP contribution in [0.25, 0.3) is 0 Å². The van der Waals surface area contributed by atoms with Crippen LogP contribution in [0.1, 0.15) is 29.6 Å². The highest BCUT2D eigenvalue weighted by Gasteiger charge is 2.43. The summed E-state index contributed by atoms with van der Waals surface area (Å²) in [7, 11) is 1.55. The van der Waals surface area contributed by atoms with Gasteiger partial charge in [-0.05, 0) is 25.0 Å². The van der Waals surface area contributed by atoms with Crippen LogP contribution in [0.2, 0.25) is 0 Å². The van der Waals surface area contributed by atoms with Crippen LogP contribution in [0, 0.1) is 5.92 Å². The van der Waals surface area contributed by atoms with Crippen molar-refractivity contribution in [2.45, 2.75) is 25.3 Å². The number of hydrogen-bond donors (Lipinski definition) is 0. The van der Waals surface area contributed by atoms with E-state index >= 15 is 0 Å². The first-order chi connectivity index (χ1) is 13.1. The standard InChI is InChI=1S/C20H25N3O4/c1-27-17-5-3-2-4-16(17)20(26)22-10-8-21(9-11-22)19(25)14-12-18(24)23(13-14)15-6-7-15/h2-5,14-15H,6-13H2,1H3/t14-/m1/s1. The van der Waals surface area contributed by atoms with E-state index in [9.17, 15) is 14.4 Å². The maximum Gasteiger partial charge on any atom is 0.257 e. The molecule has 1 aromatic carbocycles. The van der Waals surface area contributed by atoms with E-state index in [-0.39, 0.29) is 23.6 Å². The Morgan fingerprint density at radius 3 is 2.37 bits per heavy atom. The fourth-order valence-corrected chi connectivity index (χ4v) is 4.02. The van der Waals surface area contributed by atoms with Crippen LogP contribution in [0.5, 0.6) is 5.75 Å². The zero-order valence-electron chi connectivity index (χ0n) is 15.6. The highest BCUT2D eigenvalue weighted by atomic mass is 16.5. The third kappa shape index (κ3) is 3.50.